The number of nitrogens with zero attached hydrogens (tertiary/aromatic N) is 4. The van der Waals surface area contributed by atoms with Crippen molar-refractivity contribution < 1.29 is 9.53 Å². The van der Waals surface area contributed by atoms with Gasteiger partial charge in [-0.3, -0.25) is 0 Å². The van der Waals surface area contributed by atoms with Crippen molar-refractivity contribution in [1.82, 2.24) is 19.9 Å². The molecule has 1 aliphatic heterocycles. The van der Waals surface area contributed by atoms with Crippen LogP contribution in [0.25, 0.3) is 0 Å². The number of thiol groups is 1. The third-order valence-corrected chi connectivity index (χ3v) is 5.52. The highest BCUT2D eigenvalue weighted by atomic mass is 35.5. The molecular formula is C20H20ClN5O2S. The van der Waals surface area contributed by atoms with E-state index in [1.165, 1.54) is 0 Å². The Hall–Kier alpha value is -2.71. The molecule has 0 radical (unpaired) electrons. The predicted molar refractivity (Wildman–Crippen MR) is 115 cm³/mol. The Morgan fingerprint density at radius 2 is 1.86 bits per heavy atom. The number of aromatic amines is 1. The maximum absolute atomic E-state index is 12.5. The smallest absolute Gasteiger partial charge is 0.410 e. The number of halogens is 1. The van der Waals surface area contributed by atoms with Gasteiger partial charge in [-0.05, 0) is 29.8 Å². The molecule has 1 unspecified atom stereocenters. The molecule has 1 fully saturated rings. The average molecular weight is 430 g/mol. The minimum atomic E-state index is -0.352. The third kappa shape index (κ3) is 4.65. The van der Waals surface area contributed by atoms with Gasteiger partial charge in [0.2, 0.25) is 0 Å². The molecule has 7 nitrogen and oxygen atoms in total. The van der Waals surface area contributed by atoms with Gasteiger partial charge in [-0.25, -0.2) is 14.8 Å². The van der Waals surface area contributed by atoms with Crippen molar-refractivity contribution >= 4 is 36.1 Å². The fourth-order valence-electron chi connectivity index (χ4n) is 3.14. The zero-order chi connectivity index (χ0) is 20.2. The van der Waals surface area contributed by atoms with Crippen LogP contribution in [0, 0.1) is 0 Å². The molecule has 1 saturated heterocycles. The van der Waals surface area contributed by atoms with Crippen LogP contribution >= 0.6 is 24.2 Å². The number of H-pyrrole nitrogens is 1. The van der Waals surface area contributed by atoms with Crippen LogP contribution in [0.4, 0.5) is 10.6 Å². The molecule has 1 atom stereocenters. The van der Waals surface area contributed by atoms with Crippen molar-refractivity contribution in [1.29, 1.82) is 0 Å². The number of anilines is 1. The lowest BCUT2D eigenvalue weighted by Crippen LogP contribution is -2.49. The molecular weight excluding hydrogens is 410 g/mol. The molecule has 2 aromatic heterocycles. The van der Waals surface area contributed by atoms with Crippen molar-refractivity contribution in [2.45, 2.75) is 5.25 Å². The molecule has 9 heteroatoms. The maximum Gasteiger partial charge on any atom is 0.415 e. The first-order chi connectivity index (χ1) is 14.1. The van der Waals surface area contributed by atoms with Gasteiger partial charge in [0, 0.05) is 44.8 Å². The molecule has 3 heterocycles. The number of amides is 1. The summed E-state index contributed by atoms with van der Waals surface area (Å²) in [5.74, 6) is 2.13. The molecule has 0 aliphatic carbocycles. The van der Waals surface area contributed by atoms with Crippen LogP contribution in [0.15, 0.2) is 55.0 Å². The number of rotatable bonds is 4. The van der Waals surface area contributed by atoms with Gasteiger partial charge in [0.15, 0.2) is 0 Å². The molecule has 0 spiro atoms. The number of hydrogen-bond donors (Lipinski definition) is 2. The van der Waals surface area contributed by atoms with Crippen LogP contribution in [0.2, 0.25) is 5.02 Å². The molecule has 4 rings (SSSR count). The van der Waals surface area contributed by atoms with Gasteiger partial charge in [0.05, 0.1) is 10.3 Å². The Labute approximate surface area is 179 Å². The van der Waals surface area contributed by atoms with E-state index in [0.29, 0.717) is 37.0 Å². The molecule has 1 amide bonds. The monoisotopic (exact) mass is 429 g/mol. The fourth-order valence-corrected chi connectivity index (χ4v) is 3.57. The van der Waals surface area contributed by atoms with Crippen LogP contribution in [-0.2, 0) is 0 Å². The molecule has 0 saturated carbocycles. The second-order valence-corrected chi connectivity index (χ2v) is 7.58. The standard InChI is InChI=1S/C20H20ClN5O2S/c21-15-3-6-17(24-13-15)25-9-11-26(12-10-25)20(27)28-16-4-1-14(2-5-16)18(29)19-22-7-8-23-19/h1-8,13,18,29H,9-12H2,(H,22,23). The zero-order valence-corrected chi connectivity index (χ0v) is 17.2. The summed E-state index contributed by atoms with van der Waals surface area (Å²) in [5, 5.41) is 0.444. The number of nitrogens with one attached hydrogen (secondary N) is 1. The highest BCUT2D eigenvalue weighted by Gasteiger charge is 2.23. The van der Waals surface area contributed by atoms with Crippen LogP contribution < -0.4 is 9.64 Å². The highest BCUT2D eigenvalue weighted by molar-refractivity contribution is 7.80. The van der Waals surface area contributed by atoms with Gasteiger partial charge in [-0.15, -0.1) is 0 Å². The Balaban J connectivity index is 1.31. The minimum Gasteiger partial charge on any atom is -0.410 e. The van der Waals surface area contributed by atoms with E-state index in [9.17, 15) is 4.79 Å². The number of carbonyl (C=O) groups excluding carboxylic acids is 1. The number of piperazine rings is 1. The summed E-state index contributed by atoms with van der Waals surface area (Å²) in [6, 6.07) is 11.0. The number of ether oxygens (including phenoxy) is 1. The quantitative estimate of drug-likeness (QED) is 0.617. The summed E-state index contributed by atoms with van der Waals surface area (Å²) >= 11 is 10.5. The Morgan fingerprint density at radius 3 is 2.48 bits per heavy atom. The first-order valence-electron chi connectivity index (χ1n) is 9.21. The van der Waals surface area contributed by atoms with E-state index >= 15 is 0 Å². The molecule has 1 aliphatic rings. The van der Waals surface area contributed by atoms with Crippen LogP contribution in [0.1, 0.15) is 16.6 Å². The van der Waals surface area contributed by atoms with Crippen molar-refractivity contribution in [3.8, 4) is 5.75 Å². The summed E-state index contributed by atoms with van der Waals surface area (Å²) in [6.07, 6.45) is 4.73. The largest absolute Gasteiger partial charge is 0.415 e. The summed E-state index contributed by atoms with van der Waals surface area (Å²) in [7, 11) is 0. The van der Waals surface area contributed by atoms with E-state index in [2.05, 4.69) is 32.5 Å². The first kappa shape index (κ1) is 19.6. The Bertz CT molecular complexity index is 942. The number of pyridine rings is 1. The maximum atomic E-state index is 12.5. The molecule has 1 aromatic carbocycles. The molecule has 0 bridgehead atoms. The average Bonchev–Trinajstić information content (AvgIpc) is 3.29. The van der Waals surface area contributed by atoms with E-state index < -0.39 is 0 Å². The van der Waals surface area contributed by atoms with Gasteiger partial charge in [-0.1, -0.05) is 23.7 Å². The number of imidazole rings is 1. The van der Waals surface area contributed by atoms with E-state index in [1.54, 1.807) is 35.6 Å². The summed E-state index contributed by atoms with van der Waals surface area (Å²) < 4.78 is 5.52. The zero-order valence-electron chi connectivity index (χ0n) is 15.5. The fraction of sp³-hybridized carbons (Fsp3) is 0.250. The summed E-state index contributed by atoms with van der Waals surface area (Å²) in [4.78, 5) is 27.9. The number of hydrogen-bond acceptors (Lipinski definition) is 6. The number of aromatic nitrogens is 3. The number of carbonyl (C=O) groups is 1. The van der Waals surface area contributed by atoms with E-state index in [-0.39, 0.29) is 11.3 Å². The Kier molecular flexibility index (Phi) is 5.92. The van der Waals surface area contributed by atoms with E-state index in [1.807, 2.05) is 24.3 Å². The van der Waals surface area contributed by atoms with E-state index in [4.69, 9.17) is 16.3 Å². The second kappa shape index (κ2) is 8.75. The topological polar surface area (TPSA) is 74.3 Å². The van der Waals surface area contributed by atoms with Gasteiger partial charge in [0.25, 0.3) is 0 Å². The van der Waals surface area contributed by atoms with Gasteiger partial charge in [-0.2, -0.15) is 12.6 Å². The first-order valence-corrected chi connectivity index (χ1v) is 10.1. The molecule has 29 heavy (non-hydrogen) atoms. The van der Waals surface area contributed by atoms with Gasteiger partial charge in [0.1, 0.15) is 17.4 Å². The minimum absolute atomic E-state index is 0.163. The van der Waals surface area contributed by atoms with Crippen molar-refractivity contribution in [2.24, 2.45) is 0 Å². The summed E-state index contributed by atoms with van der Waals surface area (Å²) in [6.45, 7) is 2.51. The van der Waals surface area contributed by atoms with Crippen molar-refractivity contribution in [3.05, 3.63) is 71.4 Å². The highest BCUT2D eigenvalue weighted by Crippen LogP contribution is 2.27. The van der Waals surface area contributed by atoms with Crippen molar-refractivity contribution in [3.63, 3.8) is 0 Å². The van der Waals surface area contributed by atoms with Crippen LogP contribution in [0.5, 0.6) is 5.75 Å². The number of benzene rings is 1. The SMILES string of the molecule is O=C(Oc1ccc(C(S)c2ncc[nH]2)cc1)N1CCN(c2ccc(Cl)cn2)CC1. The van der Waals surface area contributed by atoms with Crippen LogP contribution in [0.3, 0.4) is 0 Å². The lowest BCUT2D eigenvalue weighted by molar-refractivity contribution is 0.149. The molecule has 1 N–H and O–H groups in total. The lowest BCUT2D eigenvalue weighted by atomic mass is 10.1. The normalized spacial score (nSPS) is 15.2. The van der Waals surface area contributed by atoms with Crippen LogP contribution in [-0.4, -0.2) is 52.1 Å². The summed E-state index contributed by atoms with van der Waals surface area (Å²) in [5.41, 5.74) is 0.965. The van der Waals surface area contributed by atoms with Gasteiger partial charge >= 0.3 is 6.09 Å². The van der Waals surface area contributed by atoms with Crippen molar-refractivity contribution in [2.75, 3.05) is 31.1 Å². The molecule has 150 valence electrons. The lowest BCUT2D eigenvalue weighted by Gasteiger charge is -2.34. The Morgan fingerprint density at radius 1 is 1.10 bits per heavy atom. The van der Waals surface area contributed by atoms with Gasteiger partial charge < -0.3 is 19.5 Å². The second-order valence-electron chi connectivity index (χ2n) is 6.62. The predicted octanol–water partition coefficient (Wildman–Crippen LogP) is 3.80. The third-order valence-electron chi connectivity index (χ3n) is 4.75. The van der Waals surface area contributed by atoms with E-state index in [0.717, 1.165) is 17.2 Å². The molecule has 3 aromatic rings.